The van der Waals surface area contributed by atoms with Crippen molar-refractivity contribution >= 4 is 10.0 Å². The standard InChI is InChI=1S/C15H20N4O3S/c1-10-11(2)18-15(17-10)14-7-12(22-3)9-19(14)23(20,21)13-5-4-6-16-8-13/h4-6,8,12,14H,7,9H2,1-3H3,(H,17,18)/t12-,14+/m1/s1. The van der Waals surface area contributed by atoms with Crippen LogP contribution in [0.1, 0.15) is 29.7 Å². The van der Waals surface area contributed by atoms with Crippen molar-refractivity contribution in [2.75, 3.05) is 13.7 Å². The molecule has 2 atom stereocenters. The van der Waals surface area contributed by atoms with Gasteiger partial charge in [0.05, 0.1) is 17.8 Å². The number of H-pyrrole nitrogens is 1. The van der Waals surface area contributed by atoms with Crippen LogP contribution in [0.3, 0.4) is 0 Å². The van der Waals surface area contributed by atoms with Gasteiger partial charge in [-0.15, -0.1) is 0 Å². The van der Waals surface area contributed by atoms with Crippen LogP contribution in [0.5, 0.6) is 0 Å². The Balaban J connectivity index is 2.01. The molecule has 0 spiro atoms. The average Bonchev–Trinajstić information content (AvgIpc) is 3.12. The van der Waals surface area contributed by atoms with Gasteiger partial charge in [-0.2, -0.15) is 4.31 Å². The lowest BCUT2D eigenvalue weighted by Crippen LogP contribution is -2.32. The number of aromatic amines is 1. The van der Waals surface area contributed by atoms with E-state index >= 15 is 0 Å². The molecule has 2 aromatic rings. The normalized spacial score (nSPS) is 22.6. The van der Waals surface area contributed by atoms with Gasteiger partial charge in [0.15, 0.2) is 0 Å². The summed E-state index contributed by atoms with van der Waals surface area (Å²) in [5.74, 6) is 0.659. The third-order valence-electron chi connectivity index (χ3n) is 4.25. The van der Waals surface area contributed by atoms with Gasteiger partial charge in [-0.3, -0.25) is 4.98 Å². The van der Waals surface area contributed by atoms with E-state index in [1.54, 1.807) is 25.4 Å². The molecular formula is C15H20N4O3S. The van der Waals surface area contributed by atoms with Crippen molar-refractivity contribution in [3.8, 4) is 0 Å². The van der Waals surface area contributed by atoms with Crippen molar-refractivity contribution in [1.82, 2.24) is 19.3 Å². The van der Waals surface area contributed by atoms with Crippen molar-refractivity contribution in [1.29, 1.82) is 0 Å². The monoisotopic (exact) mass is 336 g/mol. The molecule has 1 aliphatic rings. The predicted molar refractivity (Wildman–Crippen MR) is 84.3 cm³/mol. The summed E-state index contributed by atoms with van der Waals surface area (Å²) in [6.45, 7) is 4.13. The number of ether oxygens (including phenoxy) is 1. The molecule has 124 valence electrons. The second-order valence-corrected chi connectivity index (χ2v) is 7.60. The molecule has 3 rings (SSSR count). The highest BCUT2D eigenvalue weighted by molar-refractivity contribution is 7.89. The van der Waals surface area contributed by atoms with Crippen LogP contribution < -0.4 is 0 Å². The maximum Gasteiger partial charge on any atom is 0.245 e. The first-order chi connectivity index (χ1) is 10.9. The van der Waals surface area contributed by atoms with Crippen LogP contribution in [0.4, 0.5) is 0 Å². The first-order valence-electron chi connectivity index (χ1n) is 7.41. The summed E-state index contributed by atoms with van der Waals surface area (Å²) in [4.78, 5) is 11.8. The highest BCUT2D eigenvalue weighted by Gasteiger charge is 2.42. The summed E-state index contributed by atoms with van der Waals surface area (Å²) in [6.07, 6.45) is 3.34. The molecule has 1 saturated heterocycles. The van der Waals surface area contributed by atoms with Gasteiger partial charge in [0.2, 0.25) is 10.0 Å². The number of aromatic nitrogens is 3. The van der Waals surface area contributed by atoms with Gasteiger partial charge in [-0.1, -0.05) is 0 Å². The molecule has 0 bridgehead atoms. The fraction of sp³-hybridized carbons (Fsp3) is 0.467. The first-order valence-corrected chi connectivity index (χ1v) is 8.85. The summed E-state index contributed by atoms with van der Waals surface area (Å²) < 4.78 is 32.8. The second-order valence-electron chi connectivity index (χ2n) is 5.71. The van der Waals surface area contributed by atoms with Crippen molar-refractivity contribution in [3.05, 3.63) is 41.7 Å². The summed E-state index contributed by atoms with van der Waals surface area (Å²) in [5, 5.41) is 0. The minimum atomic E-state index is -3.65. The Bertz CT molecular complexity index is 769. The lowest BCUT2D eigenvalue weighted by Gasteiger charge is -2.22. The molecule has 1 aliphatic heterocycles. The number of rotatable bonds is 4. The summed E-state index contributed by atoms with van der Waals surface area (Å²) >= 11 is 0. The molecule has 0 saturated carbocycles. The van der Waals surface area contributed by atoms with Gasteiger partial charge < -0.3 is 9.72 Å². The van der Waals surface area contributed by atoms with E-state index in [0.717, 1.165) is 11.4 Å². The second kappa shape index (κ2) is 6.03. The topological polar surface area (TPSA) is 88.2 Å². The van der Waals surface area contributed by atoms with E-state index in [4.69, 9.17) is 4.74 Å². The molecule has 0 aromatic carbocycles. The molecule has 1 fully saturated rings. The zero-order valence-electron chi connectivity index (χ0n) is 13.4. The van der Waals surface area contributed by atoms with Crippen molar-refractivity contribution in [3.63, 3.8) is 0 Å². The van der Waals surface area contributed by atoms with E-state index in [9.17, 15) is 8.42 Å². The number of pyridine rings is 1. The molecule has 0 radical (unpaired) electrons. The van der Waals surface area contributed by atoms with E-state index in [1.807, 2.05) is 13.8 Å². The predicted octanol–water partition coefficient (Wildman–Crippen LogP) is 1.57. The molecule has 0 unspecified atom stereocenters. The van der Waals surface area contributed by atoms with Gasteiger partial charge in [0.25, 0.3) is 0 Å². The minimum absolute atomic E-state index is 0.155. The fourth-order valence-corrected chi connectivity index (χ4v) is 4.42. The highest BCUT2D eigenvalue weighted by atomic mass is 32.2. The quantitative estimate of drug-likeness (QED) is 0.915. The maximum atomic E-state index is 13.0. The smallest absolute Gasteiger partial charge is 0.245 e. The van der Waals surface area contributed by atoms with E-state index in [2.05, 4.69) is 15.0 Å². The van der Waals surface area contributed by atoms with Crippen LogP contribution >= 0.6 is 0 Å². The Morgan fingerprint density at radius 3 is 2.74 bits per heavy atom. The van der Waals surface area contributed by atoms with Crippen LogP contribution in [0.2, 0.25) is 0 Å². The number of imidazole rings is 1. The lowest BCUT2D eigenvalue weighted by molar-refractivity contribution is 0.114. The van der Waals surface area contributed by atoms with Crippen LogP contribution in [0.15, 0.2) is 29.4 Å². The number of hydrogen-bond acceptors (Lipinski definition) is 5. The van der Waals surface area contributed by atoms with Crippen molar-refractivity contribution < 1.29 is 13.2 Å². The molecule has 1 N–H and O–H groups in total. The molecule has 0 amide bonds. The lowest BCUT2D eigenvalue weighted by atomic mass is 10.2. The van der Waals surface area contributed by atoms with E-state index in [1.165, 1.54) is 10.5 Å². The molecular weight excluding hydrogens is 316 g/mol. The van der Waals surface area contributed by atoms with Crippen molar-refractivity contribution in [2.45, 2.75) is 37.3 Å². The van der Waals surface area contributed by atoms with E-state index in [0.29, 0.717) is 18.8 Å². The zero-order chi connectivity index (χ0) is 16.6. The van der Waals surface area contributed by atoms with Crippen molar-refractivity contribution in [2.24, 2.45) is 0 Å². The number of sulfonamides is 1. The van der Waals surface area contributed by atoms with E-state index in [-0.39, 0.29) is 17.0 Å². The summed E-state index contributed by atoms with van der Waals surface area (Å²) in [5.41, 5.74) is 1.82. The van der Waals surface area contributed by atoms with Crippen LogP contribution in [-0.2, 0) is 14.8 Å². The molecule has 23 heavy (non-hydrogen) atoms. The van der Waals surface area contributed by atoms with Crippen LogP contribution in [-0.4, -0.2) is 47.4 Å². The highest BCUT2D eigenvalue weighted by Crippen LogP contribution is 2.36. The average molecular weight is 336 g/mol. The Hall–Kier alpha value is -1.77. The van der Waals surface area contributed by atoms with Gasteiger partial charge in [0.1, 0.15) is 10.7 Å². The number of nitrogens with one attached hydrogen (secondary N) is 1. The Kier molecular flexibility index (Phi) is 4.22. The Morgan fingerprint density at radius 2 is 2.17 bits per heavy atom. The molecule has 0 aliphatic carbocycles. The largest absolute Gasteiger partial charge is 0.380 e. The number of nitrogens with zero attached hydrogens (tertiary/aromatic N) is 3. The first kappa shape index (κ1) is 16.1. The van der Waals surface area contributed by atoms with E-state index < -0.39 is 10.0 Å². The fourth-order valence-electron chi connectivity index (χ4n) is 2.82. The molecule has 7 nitrogen and oxygen atoms in total. The number of methoxy groups -OCH3 is 1. The Labute approximate surface area is 135 Å². The van der Waals surface area contributed by atoms with Crippen LogP contribution in [0, 0.1) is 13.8 Å². The van der Waals surface area contributed by atoms with Gasteiger partial charge in [0, 0.05) is 31.7 Å². The van der Waals surface area contributed by atoms with Gasteiger partial charge >= 0.3 is 0 Å². The third-order valence-corrected chi connectivity index (χ3v) is 6.11. The summed E-state index contributed by atoms with van der Waals surface area (Å²) in [7, 11) is -2.05. The number of hydrogen-bond donors (Lipinski definition) is 1. The molecule has 2 aromatic heterocycles. The SMILES string of the molecule is CO[C@@H]1C[C@@H](c2nc(C)c(C)[nH]2)N(S(=O)(=O)c2cccnc2)C1. The zero-order valence-corrected chi connectivity index (χ0v) is 14.2. The number of aryl methyl sites for hydroxylation is 2. The van der Waals surface area contributed by atoms with Gasteiger partial charge in [-0.25, -0.2) is 13.4 Å². The maximum absolute atomic E-state index is 13.0. The molecule has 3 heterocycles. The van der Waals surface area contributed by atoms with Gasteiger partial charge in [-0.05, 0) is 32.4 Å². The summed E-state index contributed by atoms with van der Waals surface area (Å²) in [6, 6.07) is 2.81. The minimum Gasteiger partial charge on any atom is -0.380 e. The molecule has 8 heteroatoms. The van der Waals surface area contributed by atoms with Crippen LogP contribution in [0.25, 0.3) is 0 Å². The Morgan fingerprint density at radius 1 is 1.39 bits per heavy atom. The third kappa shape index (κ3) is 2.89.